The van der Waals surface area contributed by atoms with Crippen molar-refractivity contribution in [2.45, 2.75) is 18.8 Å². The largest absolute Gasteiger partial charge is 0.469 e. The van der Waals surface area contributed by atoms with E-state index >= 15 is 0 Å². The summed E-state index contributed by atoms with van der Waals surface area (Å²) in [6.07, 6.45) is 7.19. The van der Waals surface area contributed by atoms with E-state index in [1.165, 1.54) is 7.11 Å². The van der Waals surface area contributed by atoms with Crippen molar-refractivity contribution in [1.82, 2.24) is 9.97 Å². The molecule has 1 N–H and O–H groups in total. The van der Waals surface area contributed by atoms with Crippen molar-refractivity contribution < 1.29 is 14.7 Å². The molecule has 0 bridgehead atoms. The summed E-state index contributed by atoms with van der Waals surface area (Å²) in [6.45, 7) is 0. The summed E-state index contributed by atoms with van der Waals surface area (Å²) in [5.74, 6) is -0.510. The number of oxime groups is 1. The molecule has 0 fully saturated rings. The predicted molar refractivity (Wildman–Crippen MR) is 80.8 cm³/mol. The van der Waals surface area contributed by atoms with Gasteiger partial charge in [0.05, 0.1) is 19.2 Å². The molecule has 0 saturated heterocycles. The molecule has 6 nitrogen and oxygen atoms in total. The van der Waals surface area contributed by atoms with Gasteiger partial charge < -0.3 is 9.94 Å². The van der Waals surface area contributed by atoms with E-state index in [0.29, 0.717) is 17.7 Å². The van der Waals surface area contributed by atoms with Crippen LogP contribution in [0.3, 0.4) is 0 Å². The highest BCUT2D eigenvalue weighted by Gasteiger charge is 2.20. The number of carbonyl (C=O) groups excluding carboxylic acids is 1. The number of pyridine rings is 2. The van der Waals surface area contributed by atoms with Crippen molar-refractivity contribution in [2.75, 3.05) is 7.11 Å². The average molecular weight is 299 g/mol. The first-order valence-corrected chi connectivity index (χ1v) is 6.82. The van der Waals surface area contributed by atoms with Gasteiger partial charge in [-0.15, -0.1) is 0 Å². The zero-order chi connectivity index (χ0) is 15.8. The highest BCUT2D eigenvalue weighted by Crippen LogP contribution is 2.25. The van der Waals surface area contributed by atoms with Crippen LogP contribution >= 0.6 is 0 Å². The van der Waals surface area contributed by atoms with Gasteiger partial charge >= 0.3 is 5.97 Å². The Bertz CT molecular complexity index is 630. The van der Waals surface area contributed by atoms with Gasteiger partial charge in [0, 0.05) is 42.7 Å². The van der Waals surface area contributed by atoms with Crippen molar-refractivity contribution in [3.63, 3.8) is 0 Å². The molecule has 2 aromatic heterocycles. The minimum Gasteiger partial charge on any atom is -0.469 e. The van der Waals surface area contributed by atoms with Crippen molar-refractivity contribution in [1.29, 1.82) is 0 Å². The van der Waals surface area contributed by atoms with Crippen LogP contribution in [0, 0.1) is 0 Å². The fraction of sp³-hybridized carbons (Fsp3) is 0.250. The van der Waals surface area contributed by atoms with Gasteiger partial charge in [-0.3, -0.25) is 14.8 Å². The fourth-order valence-electron chi connectivity index (χ4n) is 2.19. The minimum atomic E-state index is -0.322. The van der Waals surface area contributed by atoms with Crippen LogP contribution in [-0.2, 0) is 9.53 Å². The Morgan fingerprint density at radius 1 is 1.23 bits per heavy atom. The molecule has 0 aliphatic carbocycles. The first-order valence-electron chi connectivity index (χ1n) is 6.82. The lowest BCUT2D eigenvalue weighted by atomic mass is 9.90. The maximum absolute atomic E-state index is 11.6. The summed E-state index contributed by atoms with van der Waals surface area (Å²) >= 11 is 0. The van der Waals surface area contributed by atoms with E-state index in [9.17, 15) is 10.0 Å². The monoisotopic (exact) mass is 299 g/mol. The number of aromatic nitrogens is 2. The molecule has 0 aliphatic heterocycles. The summed E-state index contributed by atoms with van der Waals surface area (Å²) in [5, 5.41) is 12.7. The van der Waals surface area contributed by atoms with Gasteiger partial charge in [-0.2, -0.15) is 0 Å². The number of ether oxygens (including phenoxy) is 1. The topological polar surface area (TPSA) is 84.7 Å². The lowest BCUT2D eigenvalue weighted by Gasteiger charge is -2.16. The predicted octanol–water partition coefficient (Wildman–Crippen LogP) is 2.39. The molecular formula is C16H17N3O3. The smallest absolute Gasteiger partial charge is 0.306 e. The van der Waals surface area contributed by atoms with Crippen LogP contribution in [0.1, 0.15) is 29.9 Å². The van der Waals surface area contributed by atoms with Crippen LogP contribution in [0.4, 0.5) is 0 Å². The zero-order valence-corrected chi connectivity index (χ0v) is 12.2. The third-order valence-corrected chi connectivity index (χ3v) is 3.35. The molecule has 0 saturated carbocycles. The van der Waals surface area contributed by atoms with E-state index in [-0.39, 0.29) is 18.3 Å². The quantitative estimate of drug-likeness (QED) is 0.383. The SMILES string of the molecule is COC(=O)CC(C/C(=N/O)c1cccnc1)c1cccnc1. The Morgan fingerprint density at radius 3 is 2.50 bits per heavy atom. The minimum absolute atomic E-state index is 0.182. The standard InChI is InChI=1S/C16H17N3O3/c1-22-16(20)9-14(12-4-2-6-17-10-12)8-15(19-21)13-5-3-7-18-11-13/h2-7,10-11,14,21H,8-9H2,1H3/b19-15-. The van der Waals surface area contributed by atoms with Gasteiger partial charge in [-0.25, -0.2) is 0 Å². The second kappa shape index (κ2) is 7.87. The van der Waals surface area contributed by atoms with Crippen LogP contribution in [0.15, 0.2) is 54.2 Å². The molecule has 6 heteroatoms. The van der Waals surface area contributed by atoms with Crippen LogP contribution < -0.4 is 0 Å². The number of esters is 1. The number of hydrogen-bond acceptors (Lipinski definition) is 6. The third-order valence-electron chi connectivity index (χ3n) is 3.35. The molecule has 2 rings (SSSR count). The van der Waals surface area contributed by atoms with E-state index in [0.717, 1.165) is 5.56 Å². The molecule has 0 amide bonds. The Hall–Kier alpha value is -2.76. The van der Waals surface area contributed by atoms with E-state index in [1.807, 2.05) is 6.07 Å². The molecule has 0 aromatic carbocycles. The molecule has 0 radical (unpaired) electrons. The van der Waals surface area contributed by atoms with Crippen molar-refractivity contribution in [3.05, 3.63) is 60.2 Å². The summed E-state index contributed by atoms with van der Waals surface area (Å²) < 4.78 is 4.75. The van der Waals surface area contributed by atoms with Crippen molar-refractivity contribution in [2.24, 2.45) is 5.16 Å². The van der Waals surface area contributed by atoms with E-state index in [2.05, 4.69) is 15.1 Å². The molecular weight excluding hydrogens is 282 g/mol. The molecule has 0 aliphatic rings. The van der Waals surface area contributed by atoms with E-state index in [4.69, 9.17) is 4.74 Å². The van der Waals surface area contributed by atoms with Gasteiger partial charge in [-0.05, 0) is 23.8 Å². The van der Waals surface area contributed by atoms with Gasteiger partial charge in [0.1, 0.15) is 0 Å². The van der Waals surface area contributed by atoms with Crippen LogP contribution in [0.5, 0.6) is 0 Å². The molecule has 1 atom stereocenters. The number of carbonyl (C=O) groups is 1. The van der Waals surface area contributed by atoms with Crippen LogP contribution in [0.25, 0.3) is 0 Å². The molecule has 114 valence electrons. The summed E-state index contributed by atoms with van der Waals surface area (Å²) in [5.41, 5.74) is 2.06. The lowest BCUT2D eigenvalue weighted by molar-refractivity contribution is -0.141. The van der Waals surface area contributed by atoms with Gasteiger partial charge in [0.25, 0.3) is 0 Å². The number of hydrogen-bond donors (Lipinski definition) is 1. The molecule has 2 heterocycles. The molecule has 1 unspecified atom stereocenters. The highest BCUT2D eigenvalue weighted by atomic mass is 16.5. The maximum Gasteiger partial charge on any atom is 0.306 e. The average Bonchev–Trinajstić information content (AvgIpc) is 2.59. The van der Waals surface area contributed by atoms with Gasteiger partial charge in [0.15, 0.2) is 0 Å². The Kier molecular flexibility index (Phi) is 5.59. The second-order valence-electron chi connectivity index (χ2n) is 4.76. The van der Waals surface area contributed by atoms with Crippen molar-refractivity contribution >= 4 is 11.7 Å². The van der Waals surface area contributed by atoms with E-state index in [1.54, 1.807) is 43.0 Å². The summed E-state index contributed by atoms with van der Waals surface area (Å²) in [7, 11) is 1.35. The normalized spacial score (nSPS) is 12.7. The Morgan fingerprint density at radius 2 is 1.95 bits per heavy atom. The number of rotatable bonds is 6. The Balaban J connectivity index is 2.24. The number of methoxy groups -OCH3 is 1. The van der Waals surface area contributed by atoms with Gasteiger partial charge in [-0.1, -0.05) is 11.2 Å². The summed E-state index contributed by atoms with van der Waals surface area (Å²) in [6, 6.07) is 7.26. The van der Waals surface area contributed by atoms with Crippen LogP contribution in [-0.4, -0.2) is 34.0 Å². The Labute approximate surface area is 128 Å². The first kappa shape index (κ1) is 15.6. The van der Waals surface area contributed by atoms with E-state index < -0.39 is 0 Å². The molecule has 22 heavy (non-hydrogen) atoms. The maximum atomic E-state index is 11.6. The third kappa shape index (κ3) is 4.12. The second-order valence-corrected chi connectivity index (χ2v) is 4.76. The summed E-state index contributed by atoms with van der Waals surface area (Å²) in [4.78, 5) is 19.7. The lowest BCUT2D eigenvalue weighted by Crippen LogP contribution is -2.14. The zero-order valence-electron chi connectivity index (χ0n) is 12.2. The fourth-order valence-corrected chi connectivity index (χ4v) is 2.19. The molecule has 0 spiro atoms. The first-order chi connectivity index (χ1) is 10.7. The molecule has 2 aromatic rings. The van der Waals surface area contributed by atoms with Crippen molar-refractivity contribution in [3.8, 4) is 0 Å². The highest BCUT2D eigenvalue weighted by molar-refractivity contribution is 6.00. The van der Waals surface area contributed by atoms with Crippen LogP contribution in [0.2, 0.25) is 0 Å². The number of nitrogens with zero attached hydrogens (tertiary/aromatic N) is 3. The van der Waals surface area contributed by atoms with Gasteiger partial charge in [0.2, 0.25) is 0 Å².